The van der Waals surface area contributed by atoms with E-state index in [1.807, 2.05) is 0 Å². The molecule has 0 radical (unpaired) electrons. The molecule has 0 saturated carbocycles. The van der Waals surface area contributed by atoms with E-state index < -0.39 is 29.7 Å². The molecule has 24 heavy (non-hydrogen) atoms. The summed E-state index contributed by atoms with van der Waals surface area (Å²) in [6.07, 6.45) is -4.55. The number of hydrogen-bond donors (Lipinski definition) is 3. The third kappa shape index (κ3) is 4.56. The van der Waals surface area contributed by atoms with Gasteiger partial charge in [-0.1, -0.05) is 17.3 Å². The molecule has 0 unspecified atom stereocenters. The summed E-state index contributed by atoms with van der Waals surface area (Å²) in [5, 5.41) is 17.5. The molecule has 1 aromatic carbocycles. The van der Waals surface area contributed by atoms with E-state index in [0.29, 0.717) is 0 Å². The predicted molar refractivity (Wildman–Crippen MR) is 74.5 cm³/mol. The maximum absolute atomic E-state index is 12.4. The maximum Gasteiger partial charge on any atom is 0.416 e. The number of halogens is 3. The van der Waals surface area contributed by atoms with Crippen molar-refractivity contribution in [2.45, 2.75) is 12.3 Å². The number of rotatable bonds is 4. The second kappa shape index (κ2) is 7.13. The molecule has 0 fully saturated rings. The number of aliphatic hydroxyl groups excluding tert-OH is 1. The molecule has 1 aromatic heterocycles. The first-order valence-corrected chi connectivity index (χ1v) is 6.62. The lowest BCUT2D eigenvalue weighted by molar-refractivity contribution is -0.137. The van der Waals surface area contributed by atoms with Crippen molar-refractivity contribution < 1.29 is 32.4 Å². The van der Waals surface area contributed by atoms with Crippen molar-refractivity contribution in [2.24, 2.45) is 0 Å². The van der Waals surface area contributed by atoms with Crippen molar-refractivity contribution in [1.82, 2.24) is 10.5 Å². The smallest absolute Gasteiger partial charge is 0.387 e. The van der Waals surface area contributed by atoms with Gasteiger partial charge in [0.15, 0.2) is 5.82 Å². The number of aromatic nitrogens is 1. The van der Waals surface area contributed by atoms with Crippen LogP contribution in [-0.2, 0) is 15.8 Å². The lowest BCUT2D eigenvalue weighted by Gasteiger charge is -2.13. The normalized spacial score (nSPS) is 12.5. The van der Waals surface area contributed by atoms with Crippen LogP contribution in [0.4, 0.5) is 19.0 Å². The minimum Gasteiger partial charge on any atom is -0.387 e. The van der Waals surface area contributed by atoms with Crippen molar-refractivity contribution in [3.05, 3.63) is 47.7 Å². The van der Waals surface area contributed by atoms with Gasteiger partial charge in [-0.2, -0.15) is 13.2 Å². The van der Waals surface area contributed by atoms with Gasteiger partial charge >= 0.3 is 18.0 Å². The third-order valence-electron chi connectivity index (χ3n) is 2.96. The average molecular weight is 343 g/mol. The van der Waals surface area contributed by atoms with E-state index >= 15 is 0 Å². The molecule has 3 N–H and O–H groups in total. The third-order valence-corrected chi connectivity index (χ3v) is 2.96. The van der Waals surface area contributed by atoms with Gasteiger partial charge in [-0.15, -0.1) is 0 Å². The summed E-state index contributed by atoms with van der Waals surface area (Å²) < 4.78 is 41.8. The summed E-state index contributed by atoms with van der Waals surface area (Å²) >= 11 is 0. The van der Waals surface area contributed by atoms with Gasteiger partial charge in [-0.05, 0) is 17.7 Å². The molecule has 1 heterocycles. The van der Waals surface area contributed by atoms with Gasteiger partial charge < -0.3 is 14.9 Å². The van der Waals surface area contributed by atoms with Gasteiger partial charge in [0.25, 0.3) is 0 Å². The van der Waals surface area contributed by atoms with E-state index in [2.05, 4.69) is 20.3 Å². The number of carbonyl (C=O) groups excluding carboxylic acids is 2. The number of aliphatic hydroxyl groups is 1. The van der Waals surface area contributed by atoms with Crippen LogP contribution >= 0.6 is 0 Å². The SMILES string of the molecule is O=C(NC[C@H](O)c1ccc(C(F)(F)F)cc1)C(=O)Nc1ccon1. The summed E-state index contributed by atoms with van der Waals surface area (Å²) in [6, 6.07) is 5.14. The predicted octanol–water partition coefficient (Wildman–Crippen LogP) is 1.48. The Labute approximate surface area is 133 Å². The molecule has 2 amide bonds. The van der Waals surface area contributed by atoms with Crippen LogP contribution in [0, 0.1) is 0 Å². The first kappa shape index (κ1) is 17.5. The molecule has 10 heteroatoms. The summed E-state index contributed by atoms with van der Waals surface area (Å²) in [6.45, 7) is -0.351. The van der Waals surface area contributed by atoms with Crippen LogP contribution < -0.4 is 10.6 Å². The first-order chi connectivity index (χ1) is 11.3. The van der Waals surface area contributed by atoms with Gasteiger partial charge in [-0.25, -0.2) is 0 Å². The van der Waals surface area contributed by atoms with Crippen molar-refractivity contribution in [3.8, 4) is 0 Å². The fraction of sp³-hybridized carbons (Fsp3) is 0.214. The van der Waals surface area contributed by atoms with Crippen LogP contribution in [0.25, 0.3) is 0 Å². The Morgan fingerprint density at radius 2 is 1.83 bits per heavy atom. The molecule has 7 nitrogen and oxygen atoms in total. The van der Waals surface area contributed by atoms with E-state index in [-0.39, 0.29) is 17.9 Å². The summed E-state index contributed by atoms with van der Waals surface area (Å²) in [7, 11) is 0. The van der Waals surface area contributed by atoms with Gasteiger partial charge in [0, 0.05) is 12.6 Å². The Bertz CT molecular complexity index is 699. The van der Waals surface area contributed by atoms with E-state index in [0.717, 1.165) is 24.3 Å². The Balaban J connectivity index is 1.87. The molecule has 2 aromatic rings. The number of carbonyl (C=O) groups is 2. The Kier molecular flexibility index (Phi) is 5.19. The highest BCUT2D eigenvalue weighted by Gasteiger charge is 2.30. The fourth-order valence-corrected chi connectivity index (χ4v) is 1.73. The van der Waals surface area contributed by atoms with Crippen molar-refractivity contribution >= 4 is 17.6 Å². The number of hydrogen-bond acceptors (Lipinski definition) is 5. The molecular formula is C14H12F3N3O4. The quantitative estimate of drug-likeness (QED) is 0.730. The van der Waals surface area contributed by atoms with Crippen LogP contribution in [0.1, 0.15) is 17.2 Å². The van der Waals surface area contributed by atoms with Gasteiger partial charge in [0.05, 0.1) is 11.7 Å². The Morgan fingerprint density at radius 1 is 1.17 bits per heavy atom. The molecule has 0 spiro atoms. The highest BCUT2D eigenvalue weighted by Crippen LogP contribution is 2.29. The number of nitrogens with zero attached hydrogens (tertiary/aromatic N) is 1. The van der Waals surface area contributed by atoms with Gasteiger partial charge in [0.1, 0.15) is 6.26 Å². The summed E-state index contributed by atoms with van der Waals surface area (Å²) in [4.78, 5) is 23.1. The first-order valence-electron chi connectivity index (χ1n) is 6.62. The van der Waals surface area contributed by atoms with Crippen LogP contribution in [0.5, 0.6) is 0 Å². The van der Waals surface area contributed by atoms with Crippen molar-refractivity contribution in [1.29, 1.82) is 0 Å². The lowest BCUT2D eigenvalue weighted by atomic mass is 10.1. The van der Waals surface area contributed by atoms with E-state index in [1.54, 1.807) is 0 Å². The summed E-state index contributed by atoms with van der Waals surface area (Å²) in [5.41, 5.74) is -0.685. The maximum atomic E-state index is 12.4. The number of anilines is 1. The number of nitrogens with one attached hydrogen (secondary N) is 2. The highest BCUT2D eigenvalue weighted by molar-refractivity contribution is 6.39. The molecule has 2 rings (SSSR count). The zero-order chi connectivity index (χ0) is 17.7. The van der Waals surface area contributed by atoms with E-state index in [1.165, 1.54) is 12.3 Å². The minimum atomic E-state index is -4.48. The standard InChI is InChI=1S/C14H12F3N3O4/c15-14(16,17)9-3-1-8(2-4-9)10(21)7-18-12(22)13(23)19-11-5-6-24-20-11/h1-6,10,21H,7H2,(H,18,22)(H,19,20,23)/t10-/m0/s1. The molecule has 0 saturated heterocycles. The molecule has 1 atom stereocenters. The zero-order valence-corrected chi connectivity index (χ0v) is 12.0. The Hall–Kier alpha value is -2.88. The largest absolute Gasteiger partial charge is 0.416 e. The Morgan fingerprint density at radius 3 is 2.38 bits per heavy atom. The molecular weight excluding hydrogens is 331 g/mol. The molecule has 0 aliphatic heterocycles. The van der Waals surface area contributed by atoms with Crippen LogP contribution in [0.2, 0.25) is 0 Å². The number of alkyl halides is 3. The summed E-state index contributed by atoms with van der Waals surface area (Å²) in [5.74, 6) is -2.02. The number of amides is 2. The second-order valence-electron chi connectivity index (χ2n) is 4.68. The van der Waals surface area contributed by atoms with Gasteiger partial charge in [0.2, 0.25) is 0 Å². The van der Waals surface area contributed by atoms with E-state index in [4.69, 9.17) is 0 Å². The minimum absolute atomic E-state index is 0.0402. The van der Waals surface area contributed by atoms with Crippen molar-refractivity contribution in [3.63, 3.8) is 0 Å². The van der Waals surface area contributed by atoms with Crippen LogP contribution in [0.3, 0.4) is 0 Å². The second-order valence-corrected chi connectivity index (χ2v) is 4.68. The molecule has 0 aliphatic rings. The molecule has 128 valence electrons. The highest BCUT2D eigenvalue weighted by atomic mass is 19.4. The van der Waals surface area contributed by atoms with Crippen LogP contribution in [0.15, 0.2) is 41.1 Å². The average Bonchev–Trinajstić information content (AvgIpc) is 3.04. The topological polar surface area (TPSA) is 104 Å². The van der Waals surface area contributed by atoms with E-state index in [9.17, 15) is 27.9 Å². The zero-order valence-electron chi connectivity index (χ0n) is 12.0. The lowest BCUT2D eigenvalue weighted by Crippen LogP contribution is -2.37. The van der Waals surface area contributed by atoms with Gasteiger partial charge in [-0.3, -0.25) is 14.9 Å². The molecule has 0 bridgehead atoms. The monoisotopic (exact) mass is 343 g/mol. The molecule has 0 aliphatic carbocycles. The number of benzene rings is 1. The van der Waals surface area contributed by atoms with Crippen LogP contribution in [-0.4, -0.2) is 28.6 Å². The van der Waals surface area contributed by atoms with Crippen molar-refractivity contribution in [2.75, 3.05) is 11.9 Å². The fourth-order valence-electron chi connectivity index (χ4n) is 1.73.